The van der Waals surface area contributed by atoms with E-state index in [0.29, 0.717) is 6.47 Å². The highest BCUT2D eigenvalue weighted by Crippen LogP contribution is 2.59. The molecule has 72 valence electrons. The average molecular weight is 180 g/mol. The van der Waals surface area contributed by atoms with Crippen LogP contribution in [-0.4, -0.2) is 12.6 Å². The quantitative estimate of drug-likeness (QED) is 0.607. The molecule has 0 aliphatic heterocycles. The fraction of sp³-hybridized carbons (Fsp3) is 0.909. The molecule has 0 radical (unpaired) electrons. The van der Waals surface area contributed by atoms with Gasteiger partial charge in [-0.05, 0) is 49.4 Å². The number of fused-ring (bicyclic) bond motifs is 5. The van der Waals surface area contributed by atoms with Crippen molar-refractivity contribution in [2.75, 3.05) is 0 Å². The Labute approximate surface area is 78.6 Å². The maximum absolute atomic E-state index is 10.3. The first-order chi connectivity index (χ1) is 6.40. The largest absolute Gasteiger partial charge is 0.464 e. The molecular weight excluding hydrogens is 164 g/mol. The summed E-state index contributed by atoms with van der Waals surface area (Å²) < 4.78 is 5.16. The Hall–Kier alpha value is -0.530. The minimum absolute atomic E-state index is 0.279. The second kappa shape index (κ2) is 2.73. The number of carbonyl (C=O) groups is 1. The normalized spacial score (nSPS) is 52.2. The van der Waals surface area contributed by atoms with Gasteiger partial charge in [-0.1, -0.05) is 6.42 Å². The van der Waals surface area contributed by atoms with E-state index in [4.69, 9.17) is 4.74 Å². The number of hydrogen-bond donors (Lipinski definition) is 0. The molecule has 5 atom stereocenters. The van der Waals surface area contributed by atoms with E-state index >= 15 is 0 Å². The van der Waals surface area contributed by atoms with Crippen LogP contribution in [0.1, 0.15) is 32.1 Å². The highest BCUT2D eigenvalue weighted by molar-refractivity contribution is 5.38. The molecular formula is C11H16O2. The van der Waals surface area contributed by atoms with E-state index in [9.17, 15) is 4.79 Å². The van der Waals surface area contributed by atoms with Crippen molar-refractivity contribution in [2.24, 2.45) is 23.7 Å². The Morgan fingerprint density at radius 1 is 1.08 bits per heavy atom. The van der Waals surface area contributed by atoms with Gasteiger partial charge < -0.3 is 4.74 Å². The second-order valence-corrected chi connectivity index (χ2v) is 4.92. The first kappa shape index (κ1) is 7.84. The van der Waals surface area contributed by atoms with Crippen molar-refractivity contribution in [3.63, 3.8) is 0 Å². The van der Waals surface area contributed by atoms with Crippen LogP contribution in [0.25, 0.3) is 0 Å². The van der Waals surface area contributed by atoms with E-state index in [-0.39, 0.29) is 6.10 Å². The molecule has 3 aliphatic carbocycles. The van der Waals surface area contributed by atoms with E-state index in [1.807, 2.05) is 0 Å². The van der Waals surface area contributed by atoms with Crippen molar-refractivity contribution in [1.29, 1.82) is 0 Å². The molecule has 0 spiro atoms. The lowest BCUT2D eigenvalue weighted by Gasteiger charge is -2.30. The molecule has 0 unspecified atom stereocenters. The Balaban J connectivity index is 1.77. The molecule has 0 aromatic carbocycles. The number of hydrogen-bond acceptors (Lipinski definition) is 2. The number of carbonyl (C=O) groups excluding carboxylic acids is 1. The van der Waals surface area contributed by atoms with Crippen molar-refractivity contribution in [2.45, 2.75) is 38.2 Å². The molecule has 0 amide bonds. The van der Waals surface area contributed by atoms with Gasteiger partial charge in [-0.15, -0.1) is 0 Å². The summed E-state index contributed by atoms with van der Waals surface area (Å²) in [6.07, 6.45) is 7.03. The van der Waals surface area contributed by atoms with E-state index in [2.05, 4.69) is 0 Å². The molecule has 2 nitrogen and oxygen atoms in total. The molecule has 3 rings (SSSR count). The first-order valence-electron chi connectivity index (χ1n) is 5.49. The minimum atomic E-state index is 0.279. The maximum atomic E-state index is 10.3. The van der Waals surface area contributed by atoms with Gasteiger partial charge in [0.05, 0.1) is 0 Å². The zero-order valence-corrected chi connectivity index (χ0v) is 7.82. The van der Waals surface area contributed by atoms with E-state index in [1.54, 1.807) is 0 Å². The van der Waals surface area contributed by atoms with Gasteiger partial charge in [-0.2, -0.15) is 0 Å². The molecule has 0 aromatic heterocycles. The van der Waals surface area contributed by atoms with E-state index < -0.39 is 0 Å². The lowest BCUT2D eigenvalue weighted by atomic mass is 9.80. The minimum Gasteiger partial charge on any atom is -0.464 e. The lowest BCUT2D eigenvalue weighted by Crippen LogP contribution is -2.29. The monoisotopic (exact) mass is 180 g/mol. The van der Waals surface area contributed by atoms with Gasteiger partial charge in [-0.3, -0.25) is 4.79 Å². The predicted molar refractivity (Wildman–Crippen MR) is 48.0 cm³/mol. The SMILES string of the molecule is O=CO[C@H]1C[C@H]2C[C@H]1[C@@H]1CCC[C@@H]21. The summed E-state index contributed by atoms with van der Waals surface area (Å²) in [7, 11) is 0. The number of ether oxygens (including phenoxy) is 1. The van der Waals surface area contributed by atoms with Gasteiger partial charge in [0.15, 0.2) is 0 Å². The summed E-state index contributed by atoms with van der Waals surface area (Å²) in [5, 5.41) is 0. The fourth-order valence-electron chi connectivity index (χ4n) is 4.23. The van der Waals surface area contributed by atoms with E-state index in [0.717, 1.165) is 30.1 Å². The summed E-state index contributed by atoms with van der Waals surface area (Å²) in [5.74, 6) is 3.52. The standard InChI is InChI=1S/C11H16O2/c12-6-13-11-5-7-4-10(11)9-3-1-2-8(7)9/h6-11H,1-5H2/t7-,8+,9-,10+,11+/m1/s1. The van der Waals surface area contributed by atoms with E-state index in [1.165, 1.54) is 25.7 Å². The highest BCUT2D eigenvalue weighted by Gasteiger charge is 2.54. The molecule has 3 aliphatic rings. The summed E-state index contributed by atoms with van der Waals surface area (Å²) in [6.45, 7) is 0.648. The molecule has 2 bridgehead atoms. The van der Waals surface area contributed by atoms with Crippen LogP contribution in [0.15, 0.2) is 0 Å². The molecule has 2 heteroatoms. The average Bonchev–Trinajstić information content (AvgIpc) is 2.72. The van der Waals surface area contributed by atoms with Crippen molar-refractivity contribution >= 4 is 6.47 Å². The van der Waals surface area contributed by atoms with Crippen molar-refractivity contribution in [3.05, 3.63) is 0 Å². The molecule has 3 fully saturated rings. The Morgan fingerprint density at radius 3 is 2.77 bits per heavy atom. The fourth-order valence-corrected chi connectivity index (χ4v) is 4.23. The van der Waals surface area contributed by atoms with Crippen molar-refractivity contribution in [3.8, 4) is 0 Å². The summed E-state index contributed by atoms with van der Waals surface area (Å²) in [5.41, 5.74) is 0. The summed E-state index contributed by atoms with van der Waals surface area (Å²) in [6, 6.07) is 0. The van der Waals surface area contributed by atoms with Crippen LogP contribution in [0.3, 0.4) is 0 Å². The Bertz CT molecular complexity index is 226. The van der Waals surface area contributed by atoms with Crippen LogP contribution in [0.5, 0.6) is 0 Å². The molecule has 0 heterocycles. The molecule has 0 aromatic rings. The summed E-state index contributed by atoms with van der Waals surface area (Å²) >= 11 is 0. The number of rotatable bonds is 2. The van der Waals surface area contributed by atoms with Crippen LogP contribution in [0, 0.1) is 23.7 Å². The van der Waals surface area contributed by atoms with Gasteiger partial charge >= 0.3 is 0 Å². The third-order valence-corrected chi connectivity index (χ3v) is 4.60. The first-order valence-corrected chi connectivity index (χ1v) is 5.49. The third-order valence-electron chi connectivity index (χ3n) is 4.60. The zero-order valence-electron chi connectivity index (χ0n) is 7.82. The van der Waals surface area contributed by atoms with Crippen LogP contribution < -0.4 is 0 Å². The molecule has 13 heavy (non-hydrogen) atoms. The van der Waals surface area contributed by atoms with Crippen molar-refractivity contribution in [1.82, 2.24) is 0 Å². The van der Waals surface area contributed by atoms with Gasteiger partial charge in [0.1, 0.15) is 6.10 Å². The third kappa shape index (κ3) is 0.976. The van der Waals surface area contributed by atoms with Gasteiger partial charge in [0.25, 0.3) is 6.47 Å². The van der Waals surface area contributed by atoms with Gasteiger partial charge in [0, 0.05) is 0 Å². The van der Waals surface area contributed by atoms with Crippen molar-refractivity contribution < 1.29 is 9.53 Å². The van der Waals surface area contributed by atoms with Crippen LogP contribution in [0.2, 0.25) is 0 Å². The molecule has 0 saturated heterocycles. The second-order valence-electron chi connectivity index (χ2n) is 4.92. The van der Waals surface area contributed by atoms with Crippen LogP contribution >= 0.6 is 0 Å². The summed E-state index contributed by atoms with van der Waals surface area (Å²) in [4.78, 5) is 10.3. The predicted octanol–water partition coefficient (Wildman–Crippen LogP) is 1.98. The smallest absolute Gasteiger partial charge is 0.293 e. The maximum Gasteiger partial charge on any atom is 0.293 e. The Morgan fingerprint density at radius 2 is 1.92 bits per heavy atom. The zero-order chi connectivity index (χ0) is 8.84. The molecule has 0 N–H and O–H groups in total. The van der Waals surface area contributed by atoms with Gasteiger partial charge in [-0.25, -0.2) is 0 Å². The topological polar surface area (TPSA) is 26.3 Å². The highest BCUT2D eigenvalue weighted by atomic mass is 16.5. The lowest BCUT2D eigenvalue weighted by molar-refractivity contribution is -0.137. The Kier molecular flexibility index (Phi) is 1.64. The van der Waals surface area contributed by atoms with Gasteiger partial charge in [0.2, 0.25) is 0 Å². The van der Waals surface area contributed by atoms with Crippen LogP contribution in [-0.2, 0) is 9.53 Å². The van der Waals surface area contributed by atoms with Crippen LogP contribution in [0.4, 0.5) is 0 Å². The molecule has 3 saturated carbocycles.